The van der Waals surface area contributed by atoms with Gasteiger partial charge in [-0.05, 0) is 64.0 Å². The van der Waals surface area contributed by atoms with E-state index in [4.69, 9.17) is 0 Å². The van der Waals surface area contributed by atoms with Gasteiger partial charge in [-0.1, -0.05) is 13.3 Å². The fourth-order valence-corrected chi connectivity index (χ4v) is 3.16. The molecule has 3 heteroatoms. The van der Waals surface area contributed by atoms with E-state index < -0.39 is 0 Å². The van der Waals surface area contributed by atoms with Crippen LogP contribution in [0.1, 0.15) is 56.0 Å². The summed E-state index contributed by atoms with van der Waals surface area (Å²) in [6.07, 6.45) is 7.94. The van der Waals surface area contributed by atoms with Crippen LogP contribution in [0.4, 0.5) is 0 Å². The van der Waals surface area contributed by atoms with Gasteiger partial charge in [0.2, 0.25) is 0 Å². The number of aryl methyl sites for hydroxylation is 2. The summed E-state index contributed by atoms with van der Waals surface area (Å²) in [5.41, 5.74) is 4.01. The molecule has 0 amide bonds. The van der Waals surface area contributed by atoms with Crippen LogP contribution in [0, 0.1) is 19.8 Å². The number of nitrogens with one attached hydrogen (secondary N) is 1. The average Bonchev–Trinajstić information content (AvgIpc) is 2.55. The van der Waals surface area contributed by atoms with Gasteiger partial charge in [0, 0.05) is 18.8 Å². The standard InChI is InChI=1S/C16H29N3/c1-5-11-17-16(14-7-6-8-14)10-9-15-12(2)18-19(4)13(15)3/h14,16-17H,5-11H2,1-4H3. The van der Waals surface area contributed by atoms with Gasteiger partial charge >= 0.3 is 0 Å². The van der Waals surface area contributed by atoms with Crippen LogP contribution in [-0.4, -0.2) is 22.4 Å². The average molecular weight is 263 g/mol. The Morgan fingerprint density at radius 1 is 1.37 bits per heavy atom. The van der Waals surface area contributed by atoms with Crippen LogP contribution in [0.3, 0.4) is 0 Å². The van der Waals surface area contributed by atoms with Crippen LogP contribution in [-0.2, 0) is 13.5 Å². The highest BCUT2D eigenvalue weighted by atomic mass is 15.3. The van der Waals surface area contributed by atoms with Crippen molar-refractivity contribution in [3.05, 3.63) is 17.0 Å². The van der Waals surface area contributed by atoms with E-state index >= 15 is 0 Å². The Hall–Kier alpha value is -0.830. The molecule has 19 heavy (non-hydrogen) atoms. The highest BCUT2D eigenvalue weighted by molar-refractivity contribution is 5.24. The van der Waals surface area contributed by atoms with E-state index in [1.54, 1.807) is 0 Å². The van der Waals surface area contributed by atoms with E-state index in [9.17, 15) is 0 Å². The number of rotatable bonds is 7. The van der Waals surface area contributed by atoms with Gasteiger partial charge in [-0.25, -0.2) is 0 Å². The van der Waals surface area contributed by atoms with Crippen LogP contribution in [0.15, 0.2) is 0 Å². The van der Waals surface area contributed by atoms with Crippen molar-refractivity contribution in [1.82, 2.24) is 15.1 Å². The predicted molar refractivity (Wildman–Crippen MR) is 80.4 cm³/mol. The van der Waals surface area contributed by atoms with Gasteiger partial charge in [0.1, 0.15) is 0 Å². The normalized spacial score (nSPS) is 17.5. The van der Waals surface area contributed by atoms with Gasteiger partial charge in [-0.2, -0.15) is 5.10 Å². The number of hydrogen-bond donors (Lipinski definition) is 1. The SMILES string of the molecule is CCCNC(CCc1c(C)nn(C)c1C)C1CCC1. The first-order valence-corrected chi connectivity index (χ1v) is 7.86. The molecule has 2 rings (SSSR count). The number of nitrogens with zero attached hydrogens (tertiary/aromatic N) is 2. The monoisotopic (exact) mass is 263 g/mol. The third-order valence-corrected chi connectivity index (χ3v) is 4.74. The summed E-state index contributed by atoms with van der Waals surface area (Å²) in [4.78, 5) is 0. The van der Waals surface area contributed by atoms with Crippen molar-refractivity contribution in [1.29, 1.82) is 0 Å². The summed E-state index contributed by atoms with van der Waals surface area (Å²) in [6.45, 7) is 7.74. The maximum Gasteiger partial charge on any atom is 0.0628 e. The first-order valence-electron chi connectivity index (χ1n) is 7.86. The molecule has 1 aliphatic carbocycles. The molecule has 1 aromatic heterocycles. The first-order chi connectivity index (χ1) is 9.13. The maximum absolute atomic E-state index is 4.53. The molecule has 1 atom stereocenters. The van der Waals surface area contributed by atoms with Gasteiger partial charge in [0.05, 0.1) is 5.69 Å². The van der Waals surface area contributed by atoms with Crippen molar-refractivity contribution in [2.24, 2.45) is 13.0 Å². The molecule has 1 aliphatic rings. The first kappa shape index (κ1) is 14.6. The smallest absolute Gasteiger partial charge is 0.0628 e. The second-order valence-corrected chi connectivity index (χ2v) is 6.06. The Bertz CT molecular complexity index is 404. The van der Waals surface area contributed by atoms with E-state index in [1.807, 2.05) is 11.7 Å². The Kier molecular flexibility index (Phi) is 5.03. The molecule has 0 bridgehead atoms. The minimum atomic E-state index is 0.715. The highest BCUT2D eigenvalue weighted by Crippen LogP contribution is 2.31. The molecule has 1 unspecified atom stereocenters. The van der Waals surface area contributed by atoms with Crippen LogP contribution < -0.4 is 5.32 Å². The van der Waals surface area contributed by atoms with Gasteiger partial charge in [0.15, 0.2) is 0 Å². The fraction of sp³-hybridized carbons (Fsp3) is 0.812. The fourth-order valence-electron chi connectivity index (χ4n) is 3.16. The molecule has 3 nitrogen and oxygen atoms in total. The van der Waals surface area contributed by atoms with Crippen molar-refractivity contribution in [3.63, 3.8) is 0 Å². The van der Waals surface area contributed by atoms with Crippen LogP contribution >= 0.6 is 0 Å². The molecule has 0 radical (unpaired) electrons. The molecular weight excluding hydrogens is 234 g/mol. The van der Waals surface area contributed by atoms with E-state index in [0.717, 1.165) is 12.5 Å². The lowest BCUT2D eigenvalue weighted by Gasteiger charge is -2.34. The van der Waals surface area contributed by atoms with E-state index in [-0.39, 0.29) is 0 Å². The van der Waals surface area contributed by atoms with Gasteiger partial charge in [0.25, 0.3) is 0 Å². The van der Waals surface area contributed by atoms with Gasteiger partial charge in [-0.15, -0.1) is 0 Å². The molecule has 1 heterocycles. The summed E-state index contributed by atoms with van der Waals surface area (Å²) < 4.78 is 2.02. The molecule has 0 saturated heterocycles. The lowest BCUT2D eigenvalue weighted by atomic mass is 9.77. The quantitative estimate of drug-likeness (QED) is 0.819. The molecule has 1 fully saturated rings. The highest BCUT2D eigenvalue weighted by Gasteiger charge is 2.26. The maximum atomic E-state index is 4.53. The summed E-state index contributed by atoms with van der Waals surface area (Å²) in [6, 6.07) is 0.715. The zero-order valence-corrected chi connectivity index (χ0v) is 13.0. The van der Waals surface area contributed by atoms with Crippen LogP contribution in [0.5, 0.6) is 0 Å². The van der Waals surface area contributed by atoms with Gasteiger partial charge in [-0.3, -0.25) is 4.68 Å². The zero-order valence-electron chi connectivity index (χ0n) is 13.0. The van der Waals surface area contributed by atoms with Crippen molar-refractivity contribution in [2.45, 2.75) is 65.3 Å². The Morgan fingerprint density at radius 3 is 2.58 bits per heavy atom. The lowest BCUT2D eigenvalue weighted by molar-refractivity contribution is 0.220. The minimum absolute atomic E-state index is 0.715. The predicted octanol–water partition coefficient (Wildman–Crippen LogP) is 3.14. The van der Waals surface area contributed by atoms with Crippen molar-refractivity contribution in [2.75, 3.05) is 6.54 Å². The Labute approximate surface area is 117 Å². The second-order valence-electron chi connectivity index (χ2n) is 6.06. The minimum Gasteiger partial charge on any atom is -0.314 e. The van der Waals surface area contributed by atoms with Crippen LogP contribution in [0.25, 0.3) is 0 Å². The zero-order chi connectivity index (χ0) is 13.8. The molecule has 1 aromatic rings. The summed E-state index contributed by atoms with van der Waals surface area (Å²) in [5, 5.41) is 8.29. The molecular formula is C16H29N3. The third kappa shape index (κ3) is 3.38. The molecule has 1 saturated carbocycles. The van der Waals surface area contributed by atoms with Gasteiger partial charge < -0.3 is 5.32 Å². The Morgan fingerprint density at radius 2 is 2.11 bits per heavy atom. The molecule has 108 valence electrons. The topological polar surface area (TPSA) is 29.9 Å². The second kappa shape index (κ2) is 6.56. The number of aromatic nitrogens is 2. The van der Waals surface area contributed by atoms with Crippen LogP contribution in [0.2, 0.25) is 0 Å². The van der Waals surface area contributed by atoms with E-state index in [1.165, 1.54) is 55.5 Å². The van der Waals surface area contributed by atoms with E-state index in [2.05, 4.69) is 31.2 Å². The number of hydrogen-bond acceptors (Lipinski definition) is 2. The van der Waals surface area contributed by atoms with Crippen molar-refractivity contribution < 1.29 is 0 Å². The van der Waals surface area contributed by atoms with Crippen molar-refractivity contribution >= 4 is 0 Å². The van der Waals surface area contributed by atoms with E-state index in [0.29, 0.717) is 6.04 Å². The molecule has 0 aromatic carbocycles. The largest absolute Gasteiger partial charge is 0.314 e. The Balaban J connectivity index is 1.93. The summed E-state index contributed by atoms with van der Waals surface area (Å²) in [5.74, 6) is 0.920. The molecule has 0 spiro atoms. The molecule has 1 N–H and O–H groups in total. The summed E-state index contributed by atoms with van der Waals surface area (Å²) >= 11 is 0. The molecule has 0 aliphatic heterocycles. The lowest BCUT2D eigenvalue weighted by Crippen LogP contribution is -2.40. The third-order valence-electron chi connectivity index (χ3n) is 4.74. The van der Waals surface area contributed by atoms with Crippen molar-refractivity contribution in [3.8, 4) is 0 Å². The summed E-state index contributed by atoms with van der Waals surface area (Å²) in [7, 11) is 2.05.